The number of carbonyl (C=O) groups excluding carboxylic acids is 1. The molecule has 2 rings (SSSR count). The molecule has 0 aliphatic carbocycles. The van der Waals surface area contributed by atoms with Crippen LogP contribution in [0, 0.1) is 0 Å². The molecule has 0 aliphatic rings. The monoisotopic (exact) mass is 383 g/mol. The number of carbonyl (C=O) groups is 1. The second kappa shape index (κ2) is 11.6. The number of anilines is 1. The van der Waals surface area contributed by atoms with Gasteiger partial charge in [-0.25, -0.2) is 5.43 Å². The number of unbranched alkanes of at least 4 members (excludes halogenated alkanes) is 3. The molecule has 0 radical (unpaired) electrons. The minimum atomic E-state index is -0.194. The van der Waals surface area contributed by atoms with E-state index >= 15 is 0 Å². The molecule has 28 heavy (non-hydrogen) atoms. The van der Waals surface area contributed by atoms with Crippen molar-refractivity contribution in [3.63, 3.8) is 0 Å². The fourth-order valence-electron chi connectivity index (χ4n) is 2.63. The molecule has 6 heteroatoms. The van der Waals surface area contributed by atoms with Crippen LogP contribution >= 0.6 is 0 Å². The second-order valence-corrected chi connectivity index (χ2v) is 6.53. The number of nitrogen functional groups attached to an aromatic ring is 1. The Hall–Kier alpha value is -3.02. The van der Waals surface area contributed by atoms with Gasteiger partial charge >= 0.3 is 0 Å². The molecular weight excluding hydrogens is 354 g/mol. The van der Waals surface area contributed by atoms with Gasteiger partial charge in [0.05, 0.1) is 26.4 Å². The number of hydrazone groups is 1. The first-order valence-corrected chi connectivity index (χ1v) is 9.59. The lowest BCUT2D eigenvalue weighted by Gasteiger charge is -2.11. The van der Waals surface area contributed by atoms with Crippen LogP contribution in [0.1, 0.15) is 43.7 Å². The highest BCUT2D eigenvalue weighted by atomic mass is 16.5. The zero-order valence-electron chi connectivity index (χ0n) is 16.6. The first kappa shape index (κ1) is 21.3. The van der Waals surface area contributed by atoms with Crippen LogP contribution in [-0.2, 0) is 11.2 Å². The number of hydrogen-bond acceptors (Lipinski definition) is 5. The van der Waals surface area contributed by atoms with Gasteiger partial charge in [0, 0.05) is 5.69 Å². The Kier molecular flexibility index (Phi) is 8.85. The van der Waals surface area contributed by atoms with Crippen LogP contribution in [0.15, 0.2) is 47.6 Å². The maximum atomic E-state index is 12.0. The van der Waals surface area contributed by atoms with E-state index in [1.165, 1.54) is 19.3 Å². The molecule has 0 bridgehead atoms. The molecule has 3 N–H and O–H groups in total. The maximum Gasteiger partial charge on any atom is 0.244 e. The first-order valence-electron chi connectivity index (χ1n) is 9.59. The molecule has 0 heterocycles. The van der Waals surface area contributed by atoms with E-state index in [0.717, 1.165) is 17.5 Å². The first-order chi connectivity index (χ1) is 13.6. The van der Waals surface area contributed by atoms with E-state index in [1.807, 2.05) is 30.3 Å². The summed E-state index contributed by atoms with van der Waals surface area (Å²) in [5.41, 5.74) is 10.5. The van der Waals surface area contributed by atoms with Crippen LogP contribution in [0.3, 0.4) is 0 Å². The minimum absolute atomic E-state index is 0.194. The SMILES string of the molecule is CCCCCCOc1ccc(/C=N\NC(=O)Cc2ccc(N)cc2)cc1OC. The molecule has 0 atom stereocenters. The molecule has 0 fully saturated rings. The standard InChI is InChI=1S/C22H29N3O3/c1-3-4-5-6-13-28-20-12-9-18(14-21(20)27-2)16-24-25-22(26)15-17-7-10-19(23)11-8-17/h7-12,14,16H,3-6,13,15,23H2,1-2H3,(H,25,26)/b24-16-. The van der Waals surface area contributed by atoms with Gasteiger partial charge in [0.25, 0.3) is 0 Å². The highest BCUT2D eigenvalue weighted by Gasteiger charge is 2.06. The van der Waals surface area contributed by atoms with Gasteiger partial charge in [-0.3, -0.25) is 4.79 Å². The van der Waals surface area contributed by atoms with Gasteiger partial charge in [0.2, 0.25) is 5.91 Å². The third kappa shape index (κ3) is 7.31. The van der Waals surface area contributed by atoms with E-state index in [1.54, 1.807) is 25.5 Å². The molecule has 2 aromatic carbocycles. The number of rotatable bonds is 11. The number of nitrogens with zero attached hydrogens (tertiary/aromatic N) is 1. The van der Waals surface area contributed by atoms with Crippen LogP contribution < -0.4 is 20.6 Å². The number of ether oxygens (including phenoxy) is 2. The summed E-state index contributed by atoms with van der Waals surface area (Å²) in [7, 11) is 1.61. The lowest BCUT2D eigenvalue weighted by molar-refractivity contribution is -0.120. The summed E-state index contributed by atoms with van der Waals surface area (Å²) in [6.45, 7) is 2.86. The number of nitrogens with one attached hydrogen (secondary N) is 1. The van der Waals surface area contributed by atoms with Gasteiger partial charge in [-0.05, 0) is 47.9 Å². The molecule has 6 nitrogen and oxygen atoms in total. The van der Waals surface area contributed by atoms with Crippen molar-refractivity contribution in [2.75, 3.05) is 19.5 Å². The molecule has 2 aromatic rings. The topological polar surface area (TPSA) is 85.9 Å². The molecular formula is C22H29N3O3. The van der Waals surface area contributed by atoms with Crippen LogP contribution in [0.2, 0.25) is 0 Å². The normalized spacial score (nSPS) is 10.8. The average Bonchev–Trinajstić information content (AvgIpc) is 2.70. The van der Waals surface area contributed by atoms with Crippen molar-refractivity contribution in [2.45, 2.75) is 39.0 Å². The van der Waals surface area contributed by atoms with E-state index in [2.05, 4.69) is 17.5 Å². The Labute approximate surface area is 166 Å². The molecule has 0 saturated heterocycles. The van der Waals surface area contributed by atoms with Gasteiger partial charge in [0.15, 0.2) is 11.5 Å². The number of benzene rings is 2. The van der Waals surface area contributed by atoms with Crippen LogP contribution in [0.4, 0.5) is 5.69 Å². The average molecular weight is 383 g/mol. The summed E-state index contributed by atoms with van der Waals surface area (Å²) in [6.07, 6.45) is 6.44. The van der Waals surface area contributed by atoms with Gasteiger partial charge < -0.3 is 15.2 Å². The van der Waals surface area contributed by atoms with E-state index in [4.69, 9.17) is 15.2 Å². The maximum absolute atomic E-state index is 12.0. The molecule has 1 amide bonds. The van der Waals surface area contributed by atoms with Crippen LogP contribution in [0.5, 0.6) is 11.5 Å². The van der Waals surface area contributed by atoms with Crippen molar-refractivity contribution >= 4 is 17.8 Å². The van der Waals surface area contributed by atoms with E-state index in [9.17, 15) is 4.79 Å². The van der Waals surface area contributed by atoms with Gasteiger partial charge in [0.1, 0.15) is 0 Å². The summed E-state index contributed by atoms with van der Waals surface area (Å²) in [5.74, 6) is 1.16. The van der Waals surface area contributed by atoms with E-state index in [0.29, 0.717) is 23.8 Å². The molecule has 0 aromatic heterocycles. The Morgan fingerprint density at radius 1 is 1.11 bits per heavy atom. The Morgan fingerprint density at radius 2 is 1.89 bits per heavy atom. The van der Waals surface area contributed by atoms with Crippen LogP contribution in [0.25, 0.3) is 0 Å². The summed E-state index contributed by atoms with van der Waals surface area (Å²) >= 11 is 0. The Morgan fingerprint density at radius 3 is 2.61 bits per heavy atom. The lowest BCUT2D eigenvalue weighted by Crippen LogP contribution is -2.19. The quantitative estimate of drug-likeness (QED) is 0.266. The van der Waals surface area contributed by atoms with Gasteiger partial charge in [-0.2, -0.15) is 5.10 Å². The number of hydrogen-bond donors (Lipinski definition) is 2. The Balaban J connectivity index is 1.85. The van der Waals surface area contributed by atoms with Gasteiger partial charge in [-0.1, -0.05) is 38.3 Å². The molecule has 150 valence electrons. The smallest absolute Gasteiger partial charge is 0.244 e. The van der Waals surface area contributed by atoms with E-state index in [-0.39, 0.29) is 12.3 Å². The fraction of sp³-hybridized carbons (Fsp3) is 0.364. The second-order valence-electron chi connectivity index (χ2n) is 6.53. The fourth-order valence-corrected chi connectivity index (χ4v) is 2.63. The molecule has 0 spiro atoms. The molecule has 0 saturated carbocycles. The predicted molar refractivity (Wildman–Crippen MR) is 113 cm³/mol. The van der Waals surface area contributed by atoms with E-state index < -0.39 is 0 Å². The largest absolute Gasteiger partial charge is 0.493 e. The van der Waals surface area contributed by atoms with Crippen molar-refractivity contribution in [1.29, 1.82) is 0 Å². The molecule has 0 unspecified atom stereocenters. The summed E-state index contributed by atoms with van der Waals surface area (Å²) in [6, 6.07) is 12.7. The third-order valence-corrected chi connectivity index (χ3v) is 4.19. The van der Waals surface area contributed by atoms with Crippen molar-refractivity contribution < 1.29 is 14.3 Å². The summed E-state index contributed by atoms with van der Waals surface area (Å²) in [4.78, 5) is 12.0. The summed E-state index contributed by atoms with van der Waals surface area (Å²) in [5, 5.41) is 4.01. The summed E-state index contributed by atoms with van der Waals surface area (Å²) < 4.78 is 11.2. The number of methoxy groups -OCH3 is 1. The van der Waals surface area contributed by atoms with Crippen molar-refractivity contribution in [3.05, 3.63) is 53.6 Å². The number of amides is 1. The highest BCUT2D eigenvalue weighted by Crippen LogP contribution is 2.27. The number of nitrogens with two attached hydrogens (primary N) is 1. The predicted octanol–water partition coefficient (Wildman–Crippen LogP) is 3.93. The lowest BCUT2D eigenvalue weighted by atomic mass is 10.1. The third-order valence-electron chi connectivity index (χ3n) is 4.19. The highest BCUT2D eigenvalue weighted by molar-refractivity contribution is 5.84. The zero-order valence-corrected chi connectivity index (χ0v) is 16.6. The van der Waals surface area contributed by atoms with Crippen molar-refractivity contribution in [2.24, 2.45) is 5.10 Å². The molecule has 0 aliphatic heterocycles. The van der Waals surface area contributed by atoms with Crippen LogP contribution in [-0.4, -0.2) is 25.8 Å². The Bertz CT molecular complexity index is 773. The van der Waals surface area contributed by atoms with Gasteiger partial charge in [-0.15, -0.1) is 0 Å². The minimum Gasteiger partial charge on any atom is -0.493 e. The van der Waals surface area contributed by atoms with Crippen molar-refractivity contribution in [3.8, 4) is 11.5 Å². The van der Waals surface area contributed by atoms with Crippen molar-refractivity contribution in [1.82, 2.24) is 5.43 Å². The zero-order chi connectivity index (χ0) is 20.2.